The summed E-state index contributed by atoms with van der Waals surface area (Å²) in [6.45, 7) is 9.08. The van der Waals surface area contributed by atoms with Gasteiger partial charge in [0.05, 0.1) is 5.71 Å². The van der Waals surface area contributed by atoms with Crippen molar-refractivity contribution in [3.8, 4) is 0 Å². The van der Waals surface area contributed by atoms with Crippen molar-refractivity contribution in [2.45, 2.75) is 47.0 Å². The molecule has 1 fully saturated rings. The van der Waals surface area contributed by atoms with Gasteiger partial charge >= 0.3 is 0 Å². The summed E-state index contributed by atoms with van der Waals surface area (Å²) in [5.74, 6) is 0.591. The molecule has 2 bridgehead atoms. The zero-order chi connectivity index (χ0) is 11.3. The summed E-state index contributed by atoms with van der Waals surface area (Å²) in [5.41, 5.74) is 2.82. The first-order valence-electron chi connectivity index (χ1n) is 5.90. The molecule has 0 aliphatic heterocycles. The van der Waals surface area contributed by atoms with Crippen LogP contribution in [0.15, 0.2) is 16.8 Å². The van der Waals surface area contributed by atoms with E-state index in [2.05, 4.69) is 38.9 Å². The second-order valence-corrected chi connectivity index (χ2v) is 5.73. The average Bonchev–Trinajstić information content (AvgIpc) is 2.50. The monoisotopic (exact) mass is 207 g/mol. The van der Waals surface area contributed by atoms with Gasteiger partial charge in [0.25, 0.3) is 0 Å². The minimum atomic E-state index is 0.304. The van der Waals surface area contributed by atoms with Crippen LogP contribution in [-0.2, 0) is 0 Å². The lowest BCUT2D eigenvalue weighted by Gasteiger charge is -2.34. The Morgan fingerprint density at radius 3 is 2.53 bits per heavy atom. The Hall–Kier alpha value is -0.790. The number of oxime groups is 1. The van der Waals surface area contributed by atoms with E-state index >= 15 is 0 Å². The molecule has 2 nitrogen and oxygen atoms in total. The molecule has 0 aromatic carbocycles. The average molecular weight is 207 g/mol. The Balaban J connectivity index is 2.41. The molecule has 2 aliphatic rings. The van der Waals surface area contributed by atoms with Gasteiger partial charge in [-0.05, 0) is 41.6 Å². The quantitative estimate of drug-likeness (QED) is 0.419. The van der Waals surface area contributed by atoms with Crippen LogP contribution in [0.3, 0.4) is 0 Å². The molecule has 0 saturated heterocycles. The van der Waals surface area contributed by atoms with E-state index in [1.54, 1.807) is 0 Å². The van der Waals surface area contributed by atoms with E-state index in [9.17, 15) is 0 Å². The van der Waals surface area contributed by atoms with Crippen molar-refractivity contribution in [2.24, 2.45) is 21.9 Å². The minimum Gasteiger partial charge on any atom is -0.411 e. The molecule has 0 amide bonds. The molecule has 0 unspecified atom stereocenters. The molecule has 2 aliphatic carbocycles. The van der Waals surface area contributed by atoms with E-state index in [0.29, 0.717) is 16.7 Å². The maximum atomic E-state index is 9.02. The summed E-state index contributed by atoms with van der Waals surface area (Å²) in [5, 5.41) is 12.5. The van der Waals surface area contributed by atoms with Gasteiger partial charge in [-0.2, -0.15) is 0 Å². The van der Waals surface area contributed by atoms with Gasteiger partial charge in [0.1, 0.15) is 0 Å². The molecule has 0 radical (unpaired) electrons. The van der Waals surface area contributed by atoms with E-state index in [1.165, 1.54) is 18.4 Å². The Labute approximate surface area is 92.1 Å². The lowest BCUT2D eigenvalue weighted by Crippen LogP contribution is -2.27. The van der Waals surface area contributed by atoms with Crippen molar-refractivity contribution in [3.05, 3.63) is 11.6 Å². The van der Waals surface area contributed by atoms with Crippen molar-refractivity contribution in [1.82, 2.24) is 0 Å². The number of fused-ring (bicyclic) bond motifs is 2. The van der Waals surface area contributed by atoms with Crippen molar-refractivity contribution in [2.75, 3.05) is 0 Å². The molecule has 0 aromatic rings. The number of nitrogens with zero attached hydrogens (tertiary/aromatic N) is 1. The van der Waals surface area contributed by atoms with Crippen molar-refractivity contribution < 1.29 is 5.21 Å². The molecule has 2 heteroatoms. The minimum absolute atomic E-state index is 0.304. The van der Waals surface area contributed by atoms with Gasteiger partial charge in [-0.25, -0.2) is 0 Å². The molecule has 1 N–H and O–H groups in total. The first kappa shape index (κ1) is 10.7. The maximum absolute atomic E-state index is 9.02. The molecule has 0 spiro atoms. The Kier molecular flexibility index (Phi) is 2.21. The van der Waals surface area contributed by atoms with Crippen LogP contribution in [0.2, 0.25) is 0 Å². The van der Waals surface area contributed by atoms with E-state index in [4.69, 9.17) is 5.21 Å². The molecule has 0 aromatic heterocycles. The zero-order valence-corrected chi connectivity index (χ0v) is 10.2. The highest BCUT2D eigenvalue weighted by Crippen LogP contribution is 2.64. The van der Waals surface area contributed by atoms with Crippen LogP contribution in [0.5, 0.6) is 0 Å². The Morgan fingerprint density at radius 2 is 2.20 bits per heavy atom. The van der Waals surface area contributed by atoms with Gasteiger partial charge in [-0.15, -0.1) is 0 Å². The summed E-state index contributed by atoms with van der Waals surface area (Å²) < 4.78 is 0. The Bertz CT molecular complexity index is 340. The third-order valence-corrected chi connectivity index (χ3v) is 4.93. The number of hydrogen-bond acceptors (Lipinski definition) is 2. The van der Waals surface area contributed by atoms with Crippen LogP contribution in [0.1, 0.15) is 47.0 Å². The molecular formula is C13H21NO. The molecule has 84 valence electrons. The fourth-order valence-corrected chi connectivity index (χ4v) is 3.39. The van der Waals surface area contributed by atoms with Crippen LogP contribution in [0.4, 0.5) is 0 Å². The fraction of sp³-hybridized carbons (Fsp3) is 0.769. The third-order valence-electron chi connectivity index (χ3n) is 4.93. The van der Waals surface area contributed by atoms with Crippen LogP contribution in [0.25, 0.3) is 0 Å². The van der Waals surface area contributed by atoms with Gasteiger partial charge in [-0.1, -0.05) is 38.9 Å². The lowest BCUT2D eigenvalue weighted by molar-refractivity contribution is 0.180. The predicted molar refractivity (Wildman–Crippen MR) is 62.2 cm³/mol. The third kappa shape index (κ3) is 1.20. The smallest absolute Gasteiger partial charge is 0.0824 e. The standard InChI is InChI=1S/C13H21NO/c1-5-11(14-15)9-8-13(4)7-6-10(9)12(13,2)3/h8,10,15H,5-7H2,1-4H3/t10-,13-/m0/s1. The van der Waals surface area contributed by atoms with E-state index in [0.717, 1.165) is 12.1 Å². The largest absolute Gasteiger partial charge is 0.411 e. The summed E-state index contributed by atoms with van der Waals surface area (Å²) >= 11 is 0. The zero-order valence-electron chi connectivity index (χ0n) is 10.2. The van der Waals surface area contributed by atoms with Crippen molar-refractivity contribution in [3.63, 3.8) is 0 Å². The molecule has 0 heterocycles. The highest BCUT2D eigenvalue weighted by atomic mass is 16.4. The SMILES string of the molecule is CCC(=NO)C1=C[C@]2(C)CC[C@@H]1C2(C)C. The van der Waals surface area contributed by atoms with Gasteiger partial charge in [0, 0.05) is 0 Å². The predicted octanol–water partition coefficient (Wildman–Crippen LogP) is 3.61. The first-order chi connectivity index (χ1) is 6.96. The number of rotatable bonds is 2. The summed E-state index contributed by atoms with van der Waals surface area (Å²) in [7, 11) is 0. The lowest BCUT2D eigenvalue weighted by atomic mass is 9.70. The van der Waals surface area contributed by atoms with E-state index in [1.807, 2.05) is 0 Å². The Morgan fingerprint density at radius 1 is 1.53 bits per heavy atom. The second-order valence-electron chi connectivity index (χ2n) is 5.73. The van der Waals surface area contributed by atoms with Crippen LogP contribution >= 0.6 is 0 Å². The van der Waals surface area contributed by atoms with Crippen LogP contribution in [0, 0.1) is 16.7 Å². The van der Waals surface area contributed by atoms with Crippen molar-refractivity contribution in [1.29, 1.82) is 0 Å². The highest BCUT2D eigenvalue weighted by Gasteiger charge is 2.56. The molecule has 2 rings (SSSR count). The topological polar surface area (TPSA) is 32.6 Å². The van der Waals surface area contributed by atoms with E-state index in [-0.39, 0.29) is 0 Å². The van der Waals surface area contributed by atoms with Crippen LogP contribution < -0.4 is 0 Å². The summed E-state index contributed by atoms with van der Waals surface area (Å²) in [4.78, 5) is 0. The molecule has 15 heavy (non-hydrogen) atoms. The maximum Gasteiger partial charge on any atom is 0.0824 e. The summed E-state index contributed by atoms with van der Waals surface area (Å²) in [6, 6.07) is 0. The van der Waals surface area contributed by atoms with Crippen LogP contribution in [-0.4, -0.2) is 10.9 Å². The van der Waals surface area contributed by atoms with Crippen molar-refractivity contribution >= 4 is 5.71 Å². The normalized spacial score (nSPS) is 38.3. The van der Waals surface area contributed by atoms with Gasteiger partial charge in [0.2, 0.25) is 0 Å². The molecular weight excluding hydrogens is 186 g/mol. The van der Waals surface area contributed by atoms with Gasteiger partial charge in [0.15, 0.2) is 0 Å². The number of hydrogen-bond donors (Lipinski definition) is 1. The number of allylic oxidation sites excluding steroid dienone is 2. The fourth-order valence-electron chi connectivity index (χ4n) is 3.39. The van der Waals surface area contributed by atoms with E-state index < -0.39 is 0 Å². The first-order valence-corrected chi connectivity index (χ1v) is 5.90. The van der Waals surface area contributed by atoms with Gasteiger partial charge < -0.3 is 5.21 Å². The highest BCUT2D eigenvalue weighted by molar-refractivity contribution is 6.01. The summed E-state index contributed by atoms with van der Waals surface area (Å²) in [6.07, 6.45) is 5.70. The molecule has 1 saturated carbocycles. The second kappa shape index (κ2) is 3.10. The van der Waals surface area contributed by atoms with Gasteiger partial charge in [-0.3, -0.25) is 0 Å². The molecule has 2 atom stereocenters.